The van der Waals surface area contributed by atoms with E-state index >= 15 is 0 Å². The van der Waals surface area contributed by atoms with Crippen molar-refractivity contribution in [1.82, 2.24) is 4.90 Å². The molecule has 1 aromatic rings. The molecule has 0 fully saturated rings. The summed E-state index contributed by atoms with van der Waals surface area (Å²) < 4.78 is 10.4. The zero-order valence-corrected chi connectivity index (χ0v) is 11.8. The minimum atomic E-state index is -0.814. The number of fused-ring (bicyclic) bond motifs is 1. The van der Waals surface area contributed by atoms with E-state index in [0.29, 0.717) is 13.2 Å². The van der Waals surface area contributed by atoms with Gasteiger partial charge in [0.25, 0.3) is 0 Å². The number of likely N-dealkylation sites (N-methyl/N-ethyl adjacent to an activating group) is 1. The Morgan fingerprint density at radius 1 is 1.35 bits per heavy atom. The zero-order chi connectivity index (χ0) is 14.5. The lowest BCUT2D eigenvalue weighted by molar-refractivity contribution is -0.160. The van der Waals surface area contributed by atoms with Gasteiger partial charge in [0.05, 0.1) is 19.3 Å². The fourth-order valence-corrected chi connectivity index (χ4v) is 2.26. The van der Waals surface area contributed by atoms with Gasteiger partial charge in [0.2, 0.25) is 0 Å². The first-order valence-corrected chi connectivity index (χ1v) is 6.72. The molecule has 1 atom stereocenters. The van der Waals surface area contributed by atoms with Crippen LogP contribution in [0.5, 0.6) is 0 Å². The van der Waals surface area contributed by atoms with Gasteiger partial charge in [-0.3, -0.25) is 4.79 Å². The molecule has 0 N–H and O–H groups in total. The van der Waals surface area contributed by atoms with Crippen LogP contribution in [-0.2, 0) is 32.1 Å². The van der Waals surface area contributed by atoms with E-state index in [4.69, 9.17) is 9.47 Å². The van der Waals surface area contributed by atoms with Crippen molar-refractivity contribution in [3.05, 3.63) is 35.4 Å². The number of rotatable bonds is 3. The Morgan fingerprint density at radius 3 is 2.75 bits per heavy atom. The number of benzene rings is 1. The quantitative estimate of drug-likeness (QED) is 0.614. The van der Waals surface area contributed by atoms with Crippen molar-refractivity contribution in [3.8, 4) is 0 Å². The van der Waals surface area contributed by atoms with E-state index in [2.05, 4.69) is 6.07 Å². The summed E-state index contributed by atoms with van der Waals surface area (Å²) in [7, 11) is 1.59. The van der Waals surface area contributed by atoms with Gasteiger partial charge in [0.1, 0.15) is 0 Å². The molecule has 0 aromatic heterocycles. The summed E-state index contributed by atoms with van der Waals surface area (Å²) in [6.07, 6.45) is 0.657. The predicted octanol–water partition coefficient (Wildman–Crippen LogP) is 1.15. The van der Waals surface area contributed by atoms with E-state index in [1.54, 1.807) is 14.0 Å². The van der Waals surface area contributed by atoms with Crippen molar-refractivity contribution in [2.45, 2.75) is 26.1 Å². The molecule has 1 amide bonds. The van der Waals surface area contributed by atoms with E-state index in [9.17, 15) is 9.59 Å². The maximum Gasteiger partial charge on any atom is 0.397 e. The predicted molar refractivity (Wildman–Crippen MR) is 73.0 cm³/mol. The van der Waals surface area contributed by atoms with Gasteiger partial charge in [-0.05, 0) is 18.1 Å². The molecule has 20 heavy (non-hydrogen) atoms. The van der Waals surface area contributed by atoms with Crippen LogP contribution in [0.1, 0.15) is 18.1 Å². The van der Waals surface area contributed by atoms with E-state index < -0.39 is 11.9 Å². The summed E-state index contributed by atoms with van der Waals surface area (Å²) in [5.41, 5.74) is 2.42. The second-order valence-electron chi connectivity index (χ2n) is 4.81. The molecule has 0 radical (unpaired) electrons. The second kappa shape index (κ2) is 6.52. The molecule has 1 unspecified atom stereocenters. The molecular weight excluding hydrogens is 258 g/mol. The Hall–Kier alpha value is -1.88. The Balaban J connectivity index is 1.92. The molecule has 0 bridgehead atoms. The van der Waals surface area contributed by atoms with Crippen molar-refractivity contribution >= 4 is 11.9 Å². The maximum absolute atomic E-state index is 11.7. The summed E-state index contributed by atoms with van der Waals surface area (Å²) in [5, 5.41) is 0. The number of hydrogen-bond donors (Lipinski definition) is 0. The van der Waals surface area contributed by atoms with Crippen LogP contribution in [0.4, 0.5) is 0 Å². The van der Waals surface area contributed by atoms with Crippen LogP contribution in [0.25, 0.3) is 0 Å². The van der Waals surface area contributed by atoms with Gasteiger partial charge in [-0.1, -0.05) is 24.3 Å². The third-order valence-corrected chi connectivity index (χ3v) is 3.31. The molecule has 5 heteroatoms. The van der Waals surface area contributed by atoms with Crippen LogP contribution in [0, 0.1) is 0 Å². The van der Waals surface area contributed by atoms with Crippen molar-refractivity contribution in [2.24, 2.45) is 0 Å². The average Bonchev–Trinajstić information content (AvgIpc) is 2.46. The van der Waals surface area contributed by atoms with Gasteiger partial charge < -0.3 is 14.4 Å². The molecular formula is C15H19NO4. The topological polar surface area (TPSA) is 55.8 Å². The largest absolute Gasteiger partial charge is 0.459 e. The van der Waals surface area contributed by atoms with E-state index in [-0.39, 0.29) is 12.7 Å². The minimum Gasteiger partial charge on any atom is -0.459 e. The fraction of sp³-hybridized carbons (Fsp3) is 0.467. The van der Waals surface area contributed by atoms with Crippen LogP contribution in [0.15, 0.2) is 24.3 Å². The third kappa shape index (κ3) is 3.36. The van der Waals surface area contributed by atoms with E-state index in [1.165, 1.54) is 16.0 Å². The number of carbonyl (C=O) groups is 2. The monoisotopic (exact) mass is 277 g/mol. The smallest absolute Gasteiger partial charge is 0.397 e. The molecule has 1 aliphatic heterocycles. The first-order chi connectivity index (χ1) is 9.61. The van der Waals surface area contributed by atoms with Gasteiger partial charge in [-0.15, -0.1) is 0 Å². The number of nitrogens with zero attached hydrogens (tertiary/aromatic N) is 1. The Morgan fingerprint density at radius 2 is 2.05 bits per heavy atom. The Labute approximate surface area is 118 Å². The van der Waals surface area contributed by atoms with Crippen molar-refractivity contribution < 1.29 is 19.1 Å². The highest BCUT2D eigenvalue weighted by Gasteiger charge is 2.25. The zero-order valence-electron chi connectivity index (χ0n) is 11.8. The van der Waals surface area contributed by atoms with E-state index in [1.807, 2.05) is 18.2 Å². The van der Waals surface area contributed by atoms with Crippen LogP contribution >= 0.6 is 0 Å². The highest BCUT2D eigenvalue weighted by Crippen LogP contribution is 2.20. The Bertz CT molecular complexity index is 500. The van der Waals surface area contributed by atoms with Gasteiger partial charge in [-0.2, -0.15) is 0 Å². The first-order valence-electron chi connectivity index (χ1n) is 6.72. The molecule has 1 heterocycles. The van der Waals surface area contributed by atoms with Crippen LogP contribution in [0.3, 0.4) is 0 Å². The van der Waals surface area contributed by atoms with Crippen LogP contribution in [-0.4, -0.2) is 43.1 Å². The summed E-state index contributed by atoms with van der Waals surface area (Å²) in [5.74, 6) is -1.44. The number of hydrogen-bond acceptors (Lipinski definition) is 4. The molecule has 0 saturated carbocycles. The van der Waals surface area contributed by atoms with Gasteiger partial charge >= 0.3 is 11.9 Å². The lowest BCUT2D eigenvalue weighted by Crippen LogP contribution is -2.41. The maximum atomic E-state index is 11.7. The van der Waals surface area contributed by atoms with Gasteiger partial charge in [0.15, 0.2) is 0 Å². The fourth-order valence-electron chi connectivity index (χ4n) is 2.26. The van der Waals surface area contributed by atoms with Crippen LogP contribution < -0.4 is 0 Å². The number of esters is 1. The SMILES string of the molecule is CCOC(=O)C(=O)N(C)CC1Cc2ccccc2CO1. The van der Waals surface area contributed by atoms with Crippen LogP contribution in [0.2, 0.25) is 0 Å². The third-order valence-electron chi connectivity index (χ3n) is 3.31. The summed E-state index contributed by atoms with van der Waals surface area (Å²) >= 11 is 0. The molecule has 1 aliphatic rings. The second-order valence-corrected chi connectivity index (χ2v) is 4.81. The lowest BCUT2D eigenvalue weighted by atomic mass is 9.99. The first kappa shape index (κ1) is 14.5. The number of ether oxygens (including phenoxy) is 2. The Kier molecular flexibility index (Phi) is 4.74. The van der Waals surface area contributed by atoms with Gasteiger partial charge in [-0.25, -0.2) is 4.79 Å². The summed E-state index contributed by atoms with van der Waals surface area (Å²) in [4.78, 5) is 24.5. The van der Waals surface area contributed by atoms with E-state index in [0.717, 1.165) is 6.42 Å². The summed E-state index contributed by atoms with van der Waals surface area (Å²) in [6.45, 7) is 2.80. The highest BCUT2D eigenvalue weighted by atomic mass is 16.5. The van der Waals surface area contributed by atoms with Crippen molar-refractivity contribution in [2.75, 3.05) is 20.2 Å². The summed E-state index contributed by atoms with van der Waals surface area (Å²) in [6, 6.07) is 8.09. The molecule has 0 aliphatic carbocycles. The molecule has 0 spiro atoms. The molecule has 1 aromatic carbocycles. The standard InChI is InChI=1S/C15H19NO4/c1-3-19-15(18)14(17)16(2)9-13-8-11-6-4-5-7-12(11)10-20-13/h4-7,13H,3,8-10H2,1-2H3. The highest BCUT2D eigenvalue weighted by molar-refractivity contribution is 6.32. The molecule has 2 rings (SSSR count). The lowest BCUT2D eigenvalue weighted by Gasteiger charge is -2.28. The molecule has 0 saturated heterocycles. The minimum absolute atomic E-state index is 0.0896. The normalized spacial score (nSPS) is 17.2. The number of carbonyl (C=O) groups excluding carboxylic acids is 2. The molecule has 108 valence electrons. The average molecular weight is 277 g/mol. The van der Waals surface area contributed by atoms with Gasteiger partial charge in [0, 0.05) is 20.0 Å². The molecule has 5 nitrogen and oxygen atoms in total. The van der Waals surface area contributed by atoms with Crippen molar-refractivity contribution in [3.63, 3.8) is 0 Å². The number of amides is 1. The van der Waals surface area contributed by atoms with Crippen molar-refractivity contribution in [1.29, 1.82) is 0 Å².